The van der Waals surface area contributed by atoms with Gasteiger partial charge in [0.2, 0.25) is 5.95 Å². The summed E-state index contributed by atoms with van der Waals surface area (Å²) < 4.78 is 1.70. The minimum absolute atomic E-state index is 0.181. The second kappa shape index (κ2) is 7.19. The zero-order valence-electron chi connectivity index (χ0n) is 15.0. The van der Waals surface area contributed by atoms with Crippen LogP contribution >= 0.6 is 0 Å². The summed E-state index contributed by atoms with van der Waals surface area (Å²) in [6.07, 6.45) is 7.96. The van der Waals surface area contributed by atoms with Gasteiger partial charge in [-0.15, -0.1) is 0 Å². The predicted molar refractivity (Wildman–Crippen MR) is 100 cm³/mol. The van der Waals surface area contributed by atoms with Crippen LogP contribution in [0.2, 0.25) is 0 Å². The molecule has 3 aromatic rings. The van der Waals surface area contributed by atoms with Crippen LogP contribution in [0.4, 0.5) is 11.8 Å². The van der Waals surface area contributed by atoms with Crippen molar-refractivity contribution >= 4 is 11.8 Å². The maximum atomic E-state index is 9.58. The molecule has 132 valence electrons. The van der Waals surface area contributed by atoms with E-state index in [2.05, 4.69) is 38.4 Å². The van der Waals surface area contributed by atoms with Crippen LogP contribution < -0.4 is 11.1 Å². The van der Waals surface area contributed by atoms with Gasteiger partial charge in [-0.1, -0.05) is 6.92 Å². The van der Waals surface area contributed by atoms with Crippen LogP contribution in [0.15, 0.2) is 24.8 Å². The first-order valence-corrected chi connectivity index (χ1v) is 8.30. The van der Waals surface area contributed by atoms with E-state index < -0.39 is 0 Å². The Balaban J connectivity index is 2.13. The highest BCUT2D eigenvalue weighted by Crippen LogP contribution is 2.35. The second-order valence-electron chi connectivity index (χ2n) is 5.96. The summed E-state index contributed by atoms with van der Waals surface area (Å²) in [5, 5.41) is 16.9. The topological polar surface area (TPSA) is 118 Å². The monoisotopic (exact) mass is 348 g/mol. The molecule has 0 fully saturated rings. The Morgan fingerprint density at radius 2 is 1.96 bits per heavy atom. The highest BCUT2D eigenvalue weighted by atomic mass is 15.2. The van der Waals surface area contributed by atoms with E-state index in [1.165, 1.54) is 0 Å². The molecule has 26 heavy (non-hydrogen) atoms. The minimum atomic E-state index is 0.181. The summed E-state index contributed by atoms with van der Waals surface area (Å²) in [6, 6.07) is 2.16. The molecule has 0 aliphatic carbocycles. The van der Waals surface area contributed by atoms with Crippen LogP contribution in [-0.4, -0.2) is 31.3 Å². The van der Waals surface area contributed by atoms with Crippen molar-refractivity contribution in [3.63, 3.8) is 0 Å². The van der Waals surface area contributed by atoms with Gasteiger partial charge in [-0.3, -0.25) is 4.68 Å². The third kappa shape index (κ3) is 3.19. The van der Waals surface area contributed by atoms with E-state index in [0.29, 0.717) is 22.8 Å². The summed E-state index contributed by atoms with van der Waals surface area (Å²) in [5.41, 5.74) is 10.2. The van der Waals surface area contributed by atoms with Gasteiger partial charge in [-0.2, -0.15) is 10.4 Å². The molecule has 0 aliphatic rings. The molecule has 0 atom stereocenters. The Kier molecular flexibility index (Phi) is 4.80. The van der Waals surface area contributed by atoms with Crippen molar-refractivity contribution < 1.29 is 0 Å². The van der Waals surface area contributed by atoms with Crippen molar-refractivity contribution in [3.05, 3.63) is 35.9 Å². The van der Waals surface area contributed by atoms with Crippen LogP contribution in [0.5, 0.6) is 0 Å². The van der Waals surface area contributed by atoms with E-state index in [1.54, 1.807) is 23.3 Å². The molecule has 3 rings (SSSR count). The van der Waals surface area contributed by atoms with Crippen LogP contribution in [-0.2, 0) is 7.05 Å². The van der Waals surface area contributed by atoms with Gasteiger partial charge >= 0.3 is 0 Å². The second-order valence-corrected chi connectivity index (χ2v) is 5.96. The van der Waals surface area contributed by atoms with E-state index in [-0.39, 0.29) is 5.82 Å². The van der Waals surface area contributed by atoms with Crippen LogP contribution in [0.25, 0.3) is 22.4 Å². The molecule has 8 nitrogen and oxygen atoms in total. The van der Waals surface area contributed by atoms with Crippen LogP contribution in [0.3, 0.4) is 0 Å². The van der Waals surface area contributed by atoms with Gasteiger partial charge in [-0.25, -0.2) is 15.0 Å². The summed E-state index contributed by atoms with van der Waals surface area (Å²) in [6.45, 7) is 4.78. The lowest BCUT2D eigenvalue weighted by molar-refractivity contribution is 0.768. The van der Waals surface area contributed by atoms with E-state index in [9.17, 15) is 5.26 Å². The van der Waals surface area contributed by atoms with Crippen molar-refractivity contribution in [3.8, 4) is 28.5 Å². The van der Waals surface area contributed by atoms with Crippen molar-refractivity contribution in [1.29, 1.82) is 5.26 Å². The van der Waals surface area contributed by atoms with E-state index in [1.807, 2.05) is 20.2 Å². The molecule has 0 unspecified atom stereocenters. The van der Waals surface area contributed by atoms with Gasteiger partial charge in [-0.05, 0) is 18.9 Å². The number of hydrogen-bond donors (Lipinski definition) is 2. The number of nitrogen functional groups attached to an aromatic ring is 1. The number of hydrogen-bond acceptors (Lipinski definition) is 7. The molecule has 0 saturated heterocycles. The number of aryl methyl sites for hydroxylation is 1. The molecule has 0 amide bonds. The lowest BCUT2D eigenvalue weighted by Gasteiger charge is -2.14. The Labute approximate surface area is 151 Å². The molecule has 0 bridgehead atoms. The third-order valence-electron chi connectivity index (χ3n) is 4.03. The van der Waals surface area contributed by atoms with Crippen LogP contribution in [0.1, 0.15) is 24.5 Å². The maximum absolute atomic E-state index is 9.58. The summed E-state index contributed by atoms with van der Waals surface area (Å²) in [5.74, 6) is 0.737. The molecule has 3 N–H and O–H groups in total. The fourth-order valence-electron chi connectivity index (χ4n) is 2.78. The first-order chi connectivity index (χ1) is 12.5. The van der Waals surface area contributed by atoms with Gasteiger partial charge in [0.25, 0.3) is 0 Å². The Morgan fingerprint density at radius 1 is 1.23 bits per heavy atom. The summed E-state index contributed by atoms with van der Waals surface area (Å²) in [4.78, 5) is 13.1. The minimum Gasteiger partial charge on any atom is -0.383 e. The number of rotatable bonds is 5. The smallest absolute Gasteiger partial charge is 0.222 e. The summed E-state index contributed by atoms with van der Waals surface area (Å²) in [7, 11) is 1.84. The Bertz CT molecular complexity index is 966. The Hall–Kier alpha value is -3.47. The van der Waals surface area contributed by atoms with Gasteiger partial charge in [0.05, 0.1) is 11.9 Å². The number of pyridine rings is 1. The first kappa shape index (κ1) is 17.4. The number of aromatic nitrogens is 5. The quantitative estimate of drug-likeness (QED) is 0.727. The molecule has 0 spiro atoms. The average Bonchev–Trinajstić information content (AvgIpc) is 3.08. The molecule has 8 heteroatoms. The van der Waals surface area contributed by atoms with Crippen molar-refractivity contribution in [2.24, 2.45) is 7.05 Å². The number of nitrogens with zero attached hydrogens (tertiary/aromatic N) is 6. The molecule has 0 aromatic carbocycles. The van der Waals surface area contributed by atoms with Gasteiger partial charge in [0.1, 0.15) is 17.5 Å². The van der Waals surface area contributed by atoms with E-state index in [4.69, 9.17) is 5.73 Å². The lowest BCUT2D eigenvalue weighted by atomic mass is 9.95. The average molecular weight is 348 g/mol. The van der Waals surface area contributed by atoms with E-state index >= 15 is 0 Å². The predicted octanol–water partition coefficient (Wildman–Crippen LogP) is 2.52. The largest absolute Gasteiger partial charge is 0.383 e. The molecule has 3 aromatic heterocycles. The lowest BCUT2D eigenvalue weighted by Crippen LogP contribution is -2.06. The Morgan fingerprint density at radius 3 is 2.54 bits per heavy atom. The van der Waals surface area contributed by atoms with Crippen molar-refractivity contribution in [2.75, 3.05) is 17.6 Å². The molecule has 0 saturated carbocycles. The summed E-state index contributed by atoms with van der Waals surface area (Å²) >= 11 is 0. The zero-order chi connectivity index (χ0) is 18.7. The van der Waals surface area contributed by atoms with Crippen molar-refractivity contribution in [1.82, 2.24) is 24.7 Å². The molecule has 0 aliphatic heterocycles. The van der Waals surface area contributed by atoms with Crippen molar-refractivity contribution in [2.45, 2.75) is 20.3 Å². The zero-order valence-corrected chi connectivity index (χ0v) is 15.0. The number of nitrogens with one attached hydrogen (secondary N) is 1. The molecular formula is C18H20N8. The highest BCUT2D eigenvalue weighted by molar-refractivity contribution is 5.83. The number of anilines is 2. The maximum Gasteiger partial charge on any atom is 0.222 e. The van der Waals surface area contributed by atoms with Gasteiger partial charge in [0.15, 0.2) is 0 Å². The highest BCUT2D eigenvalue weighted by Gasteiger charge is 2.19. The van der Waals surface area contributed by atoms with E-state index in [0.717, 1.165) is 29.7 Å². The first-order valence-electron chi connectivity index (χ1n) is 8.30. The van der Waals surface area contributed by atoms with Gasteiger partial charge < -0.3 is 11.1 Å². The van der Waals surface area contributed by atoms with Crippen LogP contribution in [0, 0.1) is 18.3 Å². The number of nitrogens with two attached hydrogens (primary N) is 1. The number of nitriles is 1. The fourth-order valence-corrected chi connectivity index (χ4v) is 2.78. The SMILES string of the molecule is CCCNc1ncc(-c2c(C)c(-c3cnn(C)c3)nc(N)c2C#N)cn1. The third-order valence-corrected chi connectivity index (χ3v) is 4.03. The molecule has 0 radical (unpaired) electrons. The standard InChI is InChI=1S/C18H20N8/c1-4-5-21-18-22-7-12(8-23-18)15-11(2)16(13-9-24-26(3)10-13)25-17(20)14(15)6-19/h7-10H,4-5H2,1-3H3,(H2,20,25)(H,21,22,23). The normalized spacial score (nSPS) is 10.5. The van der Waals surface area contributed by atoms with Gasteiger partial charge in [0, 0.05) is 48.9 Å². The molecular weight excluding hydrogens is 328 g/mol. The molecule has 3 heterocycles. The fraction of sp³-hybridized carbons (Fsp3) is 0.278.